The molecule has 1 amide bonds. The molecule has 1 N–H and O–H groups in total. The summed E-state index contributed by atoms with van der Waals surface area (Å²) in [5.41, 5.74) is 0. The summed E-state index contributed by atoms with van der Waals surface area (Å²) in [6.45, 7) is 5.03. The molecule has 142 valence electrons. The minimum Gasteiger partial charge on any atom is -0.396 e. The van der Waals surface area contributed by atoms with Crippen LogP contribution in [-0.4, -0.2) is 62.5 Å². The molecule has 0 spiro atoms. The number of hydrogen-bond acceptors (Lipinski definition) is 4. The van der Waals surface area contributed by atoms with Crippen molar-refractivity contribution in [3.05, 3.63) is 0 Å². The van der Waals surface area contributed by atoms with Gasteiger partial charge in [-0.05, 0) is 56.8 Å². The zero-order valence-corrected chi connectivity index (χ0v) is 15.8. The standard InChI is InChI=1S/C11H21NO2.C8H16O2/c1-3-5-11(13)12-7-4-6-10(8-12)9-14-2;1-10-8-4-2-7(6-9)3-5-8/h10H,3-9H2,1-2H3;7-9H,2-6H2,1H3. The molecule has 0 aromatic heterocycles. The van der Waals surface area contributed by atoms with E-state index in [0.29, 0.717) is 36.9 Å². The van der Waals surface area contributed by atoms with Crippen LogP contribution in [0.25, 0.3) is 0 Å². The number of rotatable bonds is 6. The Morgan fingerprint density at radius 3 is 2.38 bits per heavy atom. The number of aliphatic hydroxyl groups is 1. The average molecular weight is 344 g/mol. The number of nitrogens with zero attached hydrogens (tertiary/aromatic N) is 1. The number of ether oxygens (including phenoxy) is 2. The lowest BCUT2D eigenvalue weighted by Gasteiger charge is -2.32. The van der Waals surface area contributed by atoms with E-state index in [1.807, 2.05) is 4.90 Å². The van der Waals surface area contributed by atoms with Gasteiger partial charge in [-0.1, -0.05) is 6.92 Å². The smallest absolute Gasteiger partial charge is 0.222 e. The predicted octanol–water partition coefficient (Wildman–Crippen LogP) is 2.86. The summed E-state index contributed by atoms with van der Waals surface area (Å²) in [5.74, 6) is 1.41. The summed E-state index contributed by atoms with van der Waals surface area (Å²) < 4.78 is 10.3. The fourth-order valence-electron chi connectivity index (χ4n) is 3.59. The molecule has 1 aliphatic heterocycles. The maximum Gasteiger partial charge on any atom is 0.222 e. The van der Waals surface area contributed by atoms with E-state index in [0.717, 1.165) is 58.2 Å². The Hall–Kier alpha value is -0.650. The third kappa shape index (κ3) is 7.95. The van der Waals surface area contributed by atoms with Crippen LogP contribution in [0.15, 0.2) is 0 Å². The highest BCUT2D eigenvalue weighted by molar-refractivity contribution is 5.76. The number of hydrogen-bond donors (Lipinski definition) is 1. The van der Waals surface area contributed by atoms with E-state index in [4.69, 9.17) is 14.6 Å². The first kappa shape index (κ1) is 21.4. The first-order valence-electron chi connectivity index (χ1n) is 9.54. The lowest BCUT2D eigenvalue weighted by Crippen LogP contribution is -2.40. The van der Waals surface area contributed by atoms with Crippen LogP contribution in [0.4, 0.5) is 0 Å². The van der Waals surface area contributed by atoms with Crippen molar-refractivity contribution in [2.24, 2.45) is 11.8 Å². The van der Waals surface area contributed by atoms with Crippen molar-refractivity contribution in [1.82, 2.24) is 4.90 Å². The molecule has 1 atom stereocenters. The number of carbonyl (C=O) groups excluding carboxylic acids is 1. The largest absolute Gasteiger partial charge is 0.396 e. The molecule has 0 bridgehead atoms. The summed E-state index contributed by atoms with van der Waals surface area (Å²) in [4.78, 5) is 13.6. The Balaban J connectivity index is 0.000000254. The first-order chi connectivity index (χ1) is 11.6. The van der Waals surface area contributed by atoms with Gasteiger partial charge in [-0.25, -0.2) is 0 Å². The molecule has 24 heavy (non-hydrogen) atoms. The summed E-state index contributed by atoms with van der Waals surface area (Å²) >= 11 is 0. The van der Waals surface area contributed by atoms with Crippen LogP contribution in [0.2, 0.25) is 0 Å². The Kier molecular flexibility index (Phi) is 11.3. The Morgan fingerprint density at radius 1 is 1.12 bits per heavy atom. The van der Waals surface area contributed by atoms with Gasteiger partial charge in [0.15, 0.2) is 0 Å². The van der Waals surface area contributed by atoms with E-state index < -0.39 is 0 Å². The molecule has 2 rings (SSSR count). The van der Waals surface area contributed by atoms with E-state index in [1.165, 1.54) is 6.42 Å². The number of piperidine rings is 1. The van der Waals surface area contributed by atoms with Gasteiger partial charge in [0.2, 0.25) is 5.91 Å². The molecule has 1 saturated heterocycles. The molecule has 1 unspecified atom stereocenters. The van der Waals surface area contributed by atoms with Crippen LogP contribution < -0.4 is 0 Å². The lowest BCUT2D eigenvalue weighted by molar-refractivity contribution is -0.133. The highest BCUT2D eigenvalue weighted by Crippen LogP contribution is 2.25. The van der Waals surface area contributed by atoms with Crippen LogP contribution in [-0.2, 0) is 14.3 Å². The van der Waals surface area contributed by atoms with Crippen LogP contribution in [0, 0.1) is 11.8 Å². The second-order valence-electron chi connectivity index (χ2n) is 7.11. The van der Waals surface area contributed by atoms with E-state index >= 15 is 0 Å². The van der Waals surface area contributed by atoms with Crippen molar-refractivity contribution in [2.45, 2.75) is 64.4 Å². The van der Waals surface area contributed by atoms with Crippen LogP contribution in [0.5, 0.6) is 0 Å². The van der Waals surface area contributed by atoms with Crippen molar-refractivity contribution in [1.29, 1.82) is 0 Å². The van der Waals surface area contributed by atoms with E-state index in [1.54, 1.807) is 14.2 Å². The monoisotopic (exact) mass is 343 g/mol. The van der Waals surface area contributed by atoms with E-state index in [2.05, 4.69) is 6.92 Å². The zero-order valence-electron chi connectivity index (χ0n) is 15.8. The highest BCUT2D eigenvalue weighted by atomic mass is 16.5. The molecular formula is C19H37NO4. The van der Waals surface area contributed by atoms with Gasteiger partial charge in [-0.3, -0.25) is 4.79 Å². The minimum atomic E-state index is 0.313. The van der Waals surface area contributed by atoms with Crippen molar-refractivity contribution < 1.29 is 19.4 Å². The summed E-state index contributed by atoms with van der Waals surface area (Å²) in [7, 11) is 3.50. The first-order valence-corrected chi connectivity index (χ1v) is 9.54. The molecule has 0 aromatic carbocycles. The molecule has 0 aromatic rings. The highest BCUT2D eigenvalue weighted by Gasteiger charge is 2.22. The molecule has 1 heterocycles. The molecular weight excluding hydrogens is 306 g/mol. The Labute approximate surface area is 147 Å². The van der Waals surface area contributed by atoms with Gasteiger partial charge in [0, 0.05) is 40.3 Å². The fourth-order valence-corrected chi connectivity index (χ4v) is 3.59. The predicted molar refractivity (Wildman–Crippen MR) is 95.9 cm³/mol. The Bertz CT molecular complexity index is 315. The van der Waals surface area contributed by atoms with Crippen LogP contribution >= 0.6 is 0 Å². The number of methoxy groups -OCH3 is 2. The van der Waals surface area contributed by atoms with Gasteiger partial charge in [0.25, 0.3) is 0 Å². The summed E-state index contributed by atoms with van der Waals surface area (Å²) in [6, 6.07) is 0. The number of amides is 1. The van der Waals surface area contributed by atoms with Crippen LogP contribution in [0.1, 0.15) is 58.3 Å². The van der Waals surface area contributed by atoms with Gasteiger partial charge in [0.05, 0.1) is 12.7 Å². The normalized spacial score (nSPS) is 27.3. The van der Waals surface area contributed by atoms with Gasteiger partial charge >= 0.3 is 0 Å². The third-order valence-corrected chi connectivity index (χ3v) is 5.12. The van der Waals surface area contributed by atoms with Gasteiger partial charge in [0.1, 0.15) is 0 Å². The van der Waals surface area contributed by atoms with Crippen molar-refractivity contribution >= 4 is 5.91 Å². The number of carbonyl (C=O) groups is 1. The second-order valence-corrected chi connectivity index (χ2v) is 7.11. The lowest BCUT2D eigenvalue weighted by atomic mass is 9.88. The van der Waals surface area contributed by atoms with Crippen LogP contribution in [0.3, 0.4) is 0 Å². The number of likely N-dealkylation sites (tertiary alicyclic amines) is 1. The Morgan fingerprint density at radius 2 is 1.83 bits per heavy atom. The molecule has 2 fully saturated rings. The molecule has 1 aliphatic carbocycles. The van der Waals surface area contributed by atoms with Gasteiger partial charge < -0.3 is 19.5 Å². The van der Waals surface area contributed by atoms with Crippen molar-refractivity contribution in [3.8, 4) is 0 Å². The molecule has 5 heteroatoms. The van der Waals surface area contributed by atoms with Crippen molar-refractivity contribution in [3.63, 3.8) is 0 Å². The minimum absolute atomic E-state index is 0.313. The zero-order chi connectivity index (χ0) is 17.8. The topological polar surface area (TPSA) is 59.0 Å². The second kappa shape index (κ2) is 12.7. The number of aliphatic hydroxyl groups excluding tert-OH is 1. The fraction of sp³-hybridized carbons (Fsp3) is 0.947. The molecule has 2 aliphatic rings. The van der Waals surface area contributed by atoms with E-state index in [9.17, 15) is 4.79 Å². The maximum absolute atomic E-state index is 11.6. The molecule has 1 saturated carbocycles. The quantitative estimate of drug-likeness (QED) is 0.806. The van der Waals surface area contributed by atoms with Crippen molar-refractivity contribution in [2.75, 3.05) is 40.5 Å². The third-order valence-electron chi connectivity index (χ3n) is 5.12. The maximum atomic E-state index is 11.6. The average Bonchev–Trinajstić information content (AvgIpc) is 2.63. The molecule has 0 radical (unpaired) electrons. The SMILES string of the molecule is CCCC(=O)N1CCCC(COC)C1.COC1CCC(CO)CC1. The van der Waals surface area contributed by atoms with E-state index in [-0.39, 0.29) is 0 Å². The van der Waals surface area contributed by atoms with Gasteiger partial charge in [-0.15, -0.1) is 0 Å². The summed E-state index contributed by atoms with van der Waals surface area (Å²) in [5, 5.41) is 8.81. The summed E-state index contributed by atoms with van der Waals surface area (Å²) in [6.07, 6.45) is 8.95. The molecule has 5 nitrogen and oxygen atoms in total. The van der Waals surface area contributed by atoms with Gasteiger partial charge in [-0.2, -0.15) is 0 Å².